The molecule has 2 heterocycles. The van der Waals surface area contributed by atoms with Crippen LogP contribution < -0.4 is 14.4 Å². The van der Waals surface area contributed by atoms with Crippen LogP contribution in [0.5, 0.6) is 11.5 Å². The molecule has 2 aliphatic heterocycles. The highest BCUT2D eigenvalue weighted by Gasteiger charge is 2.29. The van der Waals surface area contributed by atoms with Crippen molar-refractivity contribution in [2.24, 2.45) is 0 Å². The van der Waals surface area contributed by atoms with Gasteiger partial charge in [-0.05, 0) is 49.1 Å². The zero-order chi connectivity index (χ0) is 25.7. The zero-order valence-electron chi connectivity index (χ0n) is 20.9. The van der Waals surface area contributed by atoms with Gasteiger partial charge in [0.05, 0.1) is 0 Å². The number of nitrogens with zero attached hydrogens (tertiary/aromatic N) is 3. The Morgan fingerprint density at radius 2 is 1.69 bits per heavy atom. The lowest BCUT2D eigenvalue weighted by Gasteiger charge is -2.38. The van der Waals surface area contributed by atoms with Crippen LogP contribution in [0.25, 0.3) is 0 Å². The quantitative estimate of drug-likeness (QED) is 0.512. The number of amides is 1. The first-order valence-electron chi connectivity index (χ1n) is 12.5. The molecule has 1 amide bonds. The number of alkyl halides is 3. The van der Waals surface area contributed by atoms with Crippen molar-refractivity contribution in [3.05, 3.63) is 53.6 Å². The summed E-state index contributed by atoms with van der Waals surface area (Å²) in [4.78, 5) is 18.4. The molecule has 0 aromatic heterocycles. The third-order valence-electron chi connectivity index (χ3n) is 6.89. The lowest BCUT2D eigenvalue weighted by Crippen LogP contribution is -2.50. The molecule has 1 atom stereocenters. The van der Waals surface area contributed by atoms with E-state index in [2.05, 4.69) is 34.9 Å². The van der Waals surface area contributed by atoms with Crippen molar-refractivity contribution in [2.75, 3.05) is 57.4 Å². The first-order valence-corrected chi connectivity index (χ1v) is 12.5. The van der Waals surface area contributed by atoms with Gasteiger partial charge in [0, 0.05) is 57.9 Å². The average molecular weight is 506 g/mol. The van der Waals surface area contributed by atoms with Gasteiger partial charge in [0.2, 0.25) is 5.91 Å². The SMILES string of the molecule is CC(=O)N1CCc2cc(CC(C)N3CCN(CCOc4ccccc4OCC(F)(F)F)CC3)ccc21. The van der Waals surface area contributed by atoms with E-state index in [9.17, 15) is 18.0 Å². The average Bonchev–Trinajstić information content (AvgIpc) is 3.27. The molecule has 1 saturated heterocycles. The fourth-order valence-electron chi connectivity index (χ4n) is 4.94. The molecular weight excluding hydrogens is 471 g/mol. The third kappa shape index (κ3) is 6.91. The number of fused-ring (bicyclic) bond motifs is 1. The highest BCUT2D eigenvalue weighted by Crippen LogP contribution is 2.30. The predicted molar refractivity (Wildman–Crippen MR) is 133 cm³/mol. The van der Waals surface area contributed by atoms with E-state index in [1.54, 1.807) is 25.1 Å². The van der Waals surface area contributed by atoms with Gasteiger partial charge in [0.1, 0.15) is 6.61 Å². The normalized spacial score (nSPS) is 17.6. The van der Waals surface area contributed by atoms with Crippen LogP contribution in [0.2, 0.25) is 0 Å². The molecule has 196 valence electrons. The molecule has 4 rings (SSSR count). The minimum atomic E-state index is -4.39. The summed E-state index contributed by atoms with van der Waals surface area (Å²) in [6, 6.07) is 13.3. The van der Waals surface area contributed by atoms with E-state index in [-0.39, 0.29) is 11.7 Å². The predicted octanol–water partition coefficient (Wildman–Crippen LogP) is 4.16. The van der Waals surface area contributed by atoms with Gasteiger partial charge in [0.15, 0.2) is 18.1 Å². The maximum atomic E-state index is 12.5. The number of hydrogen-bond acceptors (Lipinski definition) is 5. The topological polar surface area (TPSA) is 45.3 Å². The Morgan fingerprint density at radius 3 is 2.36 bits per heavy atom. The van der Waals surface area contributed by atoms with Crippen molar-refractivity contribution in [3.8, 4) is 11.5 Å². The van der Waals surface area contributed by atoms with Crippen molar-refractivity contribution in [2.45, 2.75) is 38.9 Å². The third-order valence-corrected chi connectivity index (χ3v) is 6.89. The number of para-hydroxylation sites is 2. The minimum absolute atomic E-state index is 0.0946. The van der Waals surface area contributed by atoms with Crippen molar-refractivity contribution in [1.29, 1.82) is 0 Å². The molecule has 0 spiro atoms. The minimum Gasteiger partial charge on any atom is -0.488 e. The Hall–Kier alpha value is -2.78. The maximum Gasteiger partial charge on any atom is 0.422 e. The molecular formula is C27H34F3N3O3. The molecule has 2 aromatic rings. The van der Waals surface area contributed by atoms with Crippen LogP contribution in [-0.2, 0) is 17.6 Å². The maximum absolute atomic E-state index is 12.5. The number of piperazine rings is 1. The van der Waals surface area contributed by atoms with Crippen LogP contribution in [-0.4, -0.2) is 80.4 Å². The van der Waals surface area contributed by atoms with Crippen LogP contribution in [0.1, 0.15) is 25.0 Å². The second-order valence-electron chi connectivity index (χ2n) is 9.51. The zero-order valence-corrected chi connectivity index (χ0v) is 20.9. The van der Waals surface area contributed by atoms with Gasteiger partial charge in [0.25, 0.3) is 0 Å². The number of anilines is 1. The standard InChI is InChI=1S/C27H34F3N3O3/c1-20(17-22-7-8-24-23(18-22)9-10-33(24)21(2)34)32-13-11-31(12-14-32)15-16-35-25-5-3-4-6-26(25)36-19-27(28,29)30/h3-8,18,20H,9-17,19H2,1-2H3. The summed E-state index contributed by atoms with van der Waals surface area (Å²) in [6.45, 7) is 8.12. The summed E-state index contributed by atoms with van der Waals surface area (Å²) in [6.07, 6.45) is -2.51. The molecule has 1 unspecified atom stereocenters. The van der Waals surface area contributed by atoms with Gasteiger partial charge < -0.3 is 14.4 Å². The van der Waals surface area contributed by atoms with Gasteiger partial charge in [-0.3, -0.25) is 14.6 Å². The Balaban J connectivity index is 1.20. The fraction of sp³-hybridized carbons (Fsp3) is 0.519. The number of carbonyl (C=O) groups is 1. The van der Waals surface area contributed by atoms with Gasteiger partial charge in [-0.1, -0.05) is 24.3 Å². The van der Waals surface area contributed by atoms with Crippen molar-refractivity contribution >= 4 is 11.6 Å². The van der Waals surface area contributed by atoms with Crippen LogP contribution >= 0.6 is 0 Å². The lowest BCUT2D eigenvalue weighted by molar-refractivity contribution is -0.153. The number of carbonyl (C=O) groups excluding carboxylic acids is 1. The summed E-state index contributed by atoms with van der Waals surface area (Å²) < 4.78 is 48.1. The van der Waals surface area contributed by atoms with E-state index in [0.717, 1.165) is 51.3 Å². The molecule has 2 aromatic carbocycles. The molecule has 0 bridgehead atoms. The van der Waals surface area contributed by atoms with Crippen LogP contribution in [0, 0.1) is 0 Å². The van der Waals surface area contributed by atoms with E-state index in [1.807, 2.05) is 4.90 Å². The summed E-state index contributed by atoms with van der Waals surface area (Å²) in [5, 5.41) is 0. The van der Waals surface area contributed by atoms with Gasteiger partial charge in [-0.2, -0.15) is 13.2 Å². The van der Waals surface area contributed by atoms with Crippen molar-refractivity contribution < 1.29 is 27.4 Å². The highest BCUT2D eigenvalue weighted by molar-refractivity contribution is 5.93. The van der Waals surface area contributed by atoms with E-state index >= 15 is 0 Å². The van der Waals surface area contributed by atoms with Crippen molar-refractivity contribution in [3.63, 3.8) is 0 Å². The van der Waals surface area contributed by atoms with E-state index in [1.165, 1.54) is 17.2 Å². The molecule has 0 radical (unpaired) electrons. The van der Waals surface area contributed by atoms with E-state index < -0.39 is 12.8 Å². The molecule has 2 aliphatic rings. The molecule has 36 heavy (non-hydrogen) atoms. The number of benzene rings is 2. The Labute approximate surface area is 210 Å². The Morgan fingerprint density at radius 1 is 1.00 bits per heavy atom. The Kier molecular flexibility index (Phi) is 8.41. The monoisotopic (exact) mass is 505 g/mol. The summed E-state index contributed by atoms with van der Waals surface area (Å²) in [7, 11) is 0. The number of hydrogen-bond donors (Lipinski definition) is 0. The van der Waals surface area contributed by atoms with Gasteiger partial charge in [-0.25, -0.2) is 0 Å². The number of rotatable bonds is 9. The smallest absolute Gasteiger partial charge is 0.422 e. The highest BCUT2D eigenvalue weighted by atomic mass is 19.4. The van der Waals surface area contributed by atoms with Crippen LogP contribution in [0.4, 0.5) is 18.9 Å². The molecule has 0 saturated carbocycles. The second kappa shape index (κ2) is 11.5. The second-order valence-corrected chi connectivity index (χ2v) is 9.51. The van der Waals surface area contributed by atoms with Crippen LogP contribution in [0.3, 0.4) is 0 Å². The molecule has 1 fully saturated rings. The van der Waals surface area contributed by atoms with E-state index in [0.29, 0.717) is 24.9 Å². The lowest BCUT2D eigenvalue weighted by atomic mass is 10.0. The Bertz CT molecular complexity index is 1040. The molecule has 0 aliphatic carbocycles. The van der Waals surface area contributed by atoms with Crippen LogP contribution in [0.15, 0.2) is 42.5 Å². The van der Waals surface area contributed by atoms with E-state index in [4.69, 9.17) is 9.47 Å². The number of ether oxygens (including phenoxy) is 2. The fourth-order valence-corrected chi connectivity index (χ4v) is 4.94. The molecule has 0 N–H and O–H groups in total. The number of halogens is 3. The van der Waals surface area contributed by atoms with Gasteiger partial charge in [-0.15, -0.1) is 0 Å². The first-order chi connectivity index (χ1) is 17.2. The summed E-state index contributed by atoms with van der Waals surface area (Å²) >= 11 is 0. The molecule has 9 heteroatoms. The van der Waals surface area contributed by atoms with Crippen molar-refractivity contribution in [1.82, 2.24) is 9.80 Å². The largest absolute Gasteiger partial charge is 0.488 e. The molecule has 6 nitrogen and oxygen atoms in total. The summed E-state index contributed by atoms with van der Waals surface area (Å²) in [5.41, 5.74) is 3.60. The first kappa shape index (κ1) is 26.3. The van der Waals surface area contributed by atoms with Gasteiger partial charge >= 0.3 is 6.18 Å². The summed E-state index contributed by atoms with van der Waals surface area (Å²) in [5.74, 6) is 0.529.